The molecule has 1 unspecified atom stereocenters. The number of H-pyrrole nitrogens is 2. The molecule has 0 radical (unpaired) electrons. The maximum atomic E-state index is 12.7. The Morgan fingerprint density at radius 3 is 2.93 bits per heavy atom. The third kappa shape index (κ3) is 2.85. The fourth-order valence-electron chi connectivity index (χ4n) is 4.27. The molecule has 5 heterocycles. The Balaban J connectivity index is 1.43. The number of imidazole rings is 1. The van der Waals surface area contributed by atoms with Crippen molar-refractivity contribution in [3.63, 3.8) is 0 Å². The summed E-state index contributed by atoms with van der Waals surface area (Å²) in [5.74, 6) is -0.717. The monoisotopic (exact) mass is 397 g/mol. The first-order valence-corrected chi connectivity index (χ1v) is 9.46. The second kappa shape index (κ2) is 6.47. The number of hydrogen-bond donors (Lipinski definition) is 4. The van der Waals surface area contributed by atoms with Crippen molar-refractivity contribution in [1.29, 1.82) is 0 Å². The van der Waals surface area contributed by atoms with Crippen molar-refractivity contribution < 1.29 is 14.4 Å². The molecule has 2 saturated heterocycles. The molecule has 5 rings (SSSR count). The van der Waals surface area contributed by atoms with Crippen LogP contribution in [0.2, 0.25) is 0 Å². The number of likely N-dealkylation sites (tertiary alicyclic amines) is 1. The van der Waals surface area contributed by atoms with Gasteiger partial charge in [0.05, 0.1) is 29.7 Å². The first-order chi connectivity index (χ1) is 14.0. The molecule has 150 valence electrons. The first-order valence-electron chi connectivity index (χ1n) is 9.46. The van der Waals surface area contributed by atoms with E-state index >= 15 is 0 Å². The summed E-state index contributed by atoms with van der Waals surface area (Å²) in [5.41, 5.74) is 1.87. The Labute approximate surface area is 163 Å². The standard InChI is InChI=1S/C18H19N7O4/c26-13(6-11-16(27)23-17(28)21-11)24-5-1-2-9(8-24)25-14-10-3-4-19-15(10)20-7-12(14)22-18(25)29/h3-4,7,9,11H,1-2,5-6,8H2,(H,19,20)(H,22,29)(H2,21,23,27,28)/t9-,11?/m1/s1. The largest absolute Gasteiger partial charge is 0.346 e. The van der Waals surface area contributed by atoms with Gasteiger partial charge in [-0.25, -0.2) is 14.6 Å². The predicted molar refractivity (Wildman–Crippen MR) is 102 cm³/mol. The van der Waals surface area contributed by atoms with E-state index in [1.165, 1.54) is 0 Å². The van der Waals surface area contributed by atoms with E-state index in [2.05, 4.69) is 25.6 Å². The van der Waals surface area contributed by atoms with Gasteiger partial charge in [0.25, 0.3) is 5.91 Å². The number of urea groups is 1. The topological polar surface area (TPSA) is 145 Å². The van der Waals surface area contributed by atoms with E-state index in [0.29, 0.717) is 24.3 Å². The lowest BCUT2D eigenvalue weighted by molar-refractivity contribution is -0.135. The van der Waals surface area contributed by atoms with E-state index in [4.69, 9.17) is 0 Å². The molecule has 0 bridgehead atoms. The van der Waals surface area contributed by atoms with Gasteiger partial charge in [0.15, 0.2) is 0 Å². The second-order valence-electron chi connectivity index (χ2n) is 7.42. The number of rotatable bonds is 3. The molecule has 2 aliphatic heterocycles. The number of nitrogens with one attached hydrogen (secondary N) is 4. The number of hydrogen-bond acceptors (Lipinski definition) is 5. The summed E-state index contributed by atoms with van der Waals surface area (Å²) < 4.78 is 1.71. The quantitative estimate of drug-likeness (QED) is 0.459. The molecule has 0 saturated carbocycles. The molecule has 2 atom stereocenters. The second-order valence-corrected chi connectivity index (χ2v) is 7.42. The lowest BCUT2D eigenvalue weighted by atomic mass is 10.0. The number of aromatic nitrogens is 4. The van der Waals surface area contributed by atoms with Gasteiger partial charge in [0, 0.05) is 24.7 Å². The van der Waals surface area contributed by atoms with Gasteiger partial charge >= 0.3 is 11.7 Å². The number of pyridine rings is 1. The van der Waals surface area contributed by atoms with Crippen molar-refractivity contribution in [3.8, 4) is 0 Å². The van der Waals surface area contributed by atoms with Gasteiger partial charge in [-0.2, -0.15) is 0 Å². The number of amides is 4. The van der Waals surface area contributed by atoms with E-state index in [-0.39, 0.29) is 24.1 Å². The summed E-state index contributed by atoms with van der Waals surface area (Å²) in [4.78, 5) is 60.3. The van der Waals surface area contributed by atoms with Crippen LogP contribution in [0, 0.1) is 0 Å². The third-order valence-corrected chi connectivity index (χ3v) is 5.61. The Morgan fingerprint density at radius 2 is 2.14 bits per heavy atom. The van der Waals surface area contributed by atoms with Crippen LogP contribution in [0.15, 0.2) is 23.3 Å². The molecule has 11 heteroatoms. The summed E-state index contributed by atoms with van der Waals surface area (Å²) >= 11 is 0. The van der Waals surface area contributed by atoms with Crippen LogP contribution >= 0.6 is 0 Å². The third-order valence-electron chi connectivity index (χ3n) is 5.61. The molecule has 11 nitrogen and oxygen atoms in total. The van der Waals surface area contributed by atoms with E-state index in [1.807, 2.05) is 6.07 Å². The Hall–Kier alpha value is -3.63. The SMILES string of the molecule is O=C1NC(=O)C(CC(=O)N2CCC[C@@H](n3c(=O)[nH]c4cnc5[nH]ccc5c43)C2)N1. The Kier molecular flexibility index (Phi) is 3.89. The average molecular weight is 397 g/mol. The van der Waals surface area contributed by atoms with Crippen LogP contribution in [-0.4, -0.2) is 61.4 Å². The molecule has 2 fully saturated rings. The molecular formula is C18H19N7O4. The highest BCUT2D eigenvalue weighted by Gasteiger charge is 2.34. The van der Waals surface area contributed by atoms with Crippen molar-refractivity contribution in [1.82, 2.24) is 35.1 Å². The number of imide groups is 1. The number of carbonyl (C=O) groups is 3. The van der Waals surface area contributed by atoms with Crippen LogP contribution in [0.3, 0.4) is 0 Å². The predicted octanol–water partition coefficient (Wildman–Crippen LogP) is -0.0325. The number of fused-ring (bicyclic) bond motifs is 3. The fourth-order valence-corrected chi connectivity index (χ4v) is 4.27. The number of aromatic amines is 2. The van der Waals surface area contributed by atoms with Crippen LogP contribution < -0.4 is 16.3 Å². The van der Waals surface area contributed by atoms with Gasteiger partial charge in [-0.15, -0.1) is 0 Å². The summed E-state index contributed by atoms with van der Waals surface area (Å²) in [7, 11) is 0. The zero-order valence-corrected chi connectivity index (χ0v) is 15.4. The van der Waals surface area contributed by atoms with E-state index in [9.17, 15) is 19.2 Å². The van der Waals surface area contributed by atoms with Crippen LogP contribution in [-0.2, 0) is 9.59 Å². The smallest absolute Gasteiger partial charge is 0.326 e. The maximum Gasteiger partial charge on any atom is 0.326 e. The maximum absolute atomic E-state index is 12.7. The van der Waals surface area contributed by atoms with Crippen molar-refractivity contribution >= 4 is 39.9 Å². The van der Waals surface area contributed by atoms with E-state index in [1.54, 1.807) is 21.9 Å². The van der Waals surface area contributed by atoms with Gasteiger partial charge in [-0.3, -0.25) is 19.5 Å². The zero-order valence-electron chi connectivity index (χ0n) is 15.4. The fraction of sp³-hybridized carbons (Fsp3) is 0.389. The molecule has 29 heavy (non-hydrogen) atoms. The summed E-state index contributed by atoms with van der Waals surface area (Å²) in [6, 6.07) is 0.249. The minimum absolute atomic E-state index is 0.0982. The highest BCUT2D eigenvalue weighted by Crippen LogP contribution is 2.28. The molecular weight excluding hydrogens is 378 g/mol. The van der Waals surface area contributed by atoms with Crippen LogP contribution in [0.4, 0.5) is 4.79 Å². The minimum atomic E-state index is -0.850. The van der Waals surface area contributed by atoms with Gasteiger partial charge in [0.1, 0.15) is 11.7 Å². The first kappa shape index (κ1) is 17.5. The van der Waals surface area contributed by atoms with Gasteiger partial charge in [-0.1, -0.05) is 0 Å². The van der Waals surface area contributed by atoms with Crippen molar-refractivity contribution in [3.05, 3.63) is 28.9 Å². The van der Waals surface area contributed by atoms with Crippen LogP contribution in [0.5, 0.6) is 0 Å². The minimum Gasteiger partial charge on any atom is -0.346 e. The van der Waals surface area contributed by atoms with Crippen molar-refractivity contribution in [2.75, 3.05) is 13.1 Å². The lowest BCUT2D eigenvalue weighted by Gasteiger charge is -2.33. The van der Waals surface area contributed by atoms with E-state index < -0.39 is 18.0 Å². The molecule has 4 N–H and O–H groups in total. The van der Waals surface area contributed by atoms with Crippen LogP contribution in [0.25, 0.3) is 22.1 Å². The van der Waals surface area contributed by atoms with Gasteiger partial charge < -0.3 is 20.2 Å². The Bertz CT molecular complexity index is 1210. The number of carbonyl (C=O) groups excluding carboxylic acids is 3. The van der Waals surface area contributed by atoms with Gasteiger partial charge in [0.2, 0.25) is 5.91 Å². The molecule has 3 aromatic heterocycles. The molecule has 3 aromatic rings. The van der Waals surface area contributed by atoms with Crippen molar-refractivity contribution in [2.24, 2.45) is 0 Å². The lowest BCUT2D eigenvalue weighted by Crippen LogP contribution is -2.45. The zero-order chi connectivity index (χ0) is 20.1. The Morgan fingerprint density at radius 1 is 1.28 bits per heavy atom. The summed E-state index contributed by atoms with van der Waals surface area (Å²) in [6.45, 7) is 0.915. The van der Waals surface area contributed by atoms with Crippen molar-refractivity contribution in [2.45, 2.75) is 31.3 Å². The molecule has 0 aliphatic carbocycles. The normalized spacial score (nSPS) is 22.3. The molecule has 0 spiro atoms. The van der Waals surface area contributed by atoms with Crippen LogP contribution in [0.1, 0.15) is 25.3 Å². The molecule has 4 amide bonds. The highest BCUT2D eigenvalue weighted by atomic mass is 16.2. The molecule has 0 aromatic carbocycles. The number of piperidine rings is 1. The highest BCUT2D eigenvalue weighted by molar-refractivity contribution is 6.05. The summed E-state index contributed by atoms with van der Waals surface area (Å²) in [6.07, 6.45) is 4.79. The molecule has 2 aliphatic rings. The average Bonchev–Trinajstić information content (AvgIpc) is 3.38. The van der Waals surface area contributed by atoms with Gasteiger partial charge in [-0.05, 0) is 18.9 Å². The summed E-state index contributed by atoms with van der Waals surface area (Å²) in [5, 5.41) is 5.42. The van der Waals surface area contributed by atoms with E-state index in [0.717, 1.165) is 23.7 Å². The number of nitrogens with zero attached hydrogens (tertiary/aromatic N) is 3.